The fourth-order valence-corrected chi connectivity index (χ4v) is 5.74. The first-order chi connectivity index (χ1) is 16.5. The van der Waals surface area contributed by atoms with Crippen molar-refractivity contribution in [2.75, 3.05) is 5.75 Å². The van der Waals surface area contributed by atoms with E-state index >= 15 is 0 Å². The third-order valence-corrected chi connectivity index (χ3v) is 7.25. The molecule has 13 heteroatoms. The number of benzene rings is 1. The van der Waals surface area contributed by atoms with Gasteiger partial charge < -0.3 is 4.98 Å². The van der Waals surface area contributed by atoms with Crippen LogP contribution in [0.25, 0.3) is 10.9 Å². The minimum Gasteiger partial charge on any atom is -0.313 e. The normalized spacial score (nSPS) is 18.0. The van der Waals surface area contributed by atoms with E-state index in [0.29, 0.717) is 12.2 Å². The summed E-state index contributed by atoms with van der Waals surface area (Å²) < 4.78 is 70.2. The van der Waals surface area contributed by atoms with Gasteiger partial charge in [0.2, 0.25) is 5.92 Å². The van der Waals surface area contributed by atoms with Crippen LogP contribution in [0.15, 0.2) is 43.8 Å². The molecule has 2 aromatic heterocycles. The van der Waals surface area contributed by atoms with Gasteiger partial charge in [0.25, 0.3) is 5.56 Å². The number of rotatable bonds is 1. The van der Waals surface area contributed by atoms with Gasteiger partial charge >= 0.3 is 17.6 Å². The quantitative estimate of drug-likeness (QED) is 0.471. The largest absolute Gasteiger partial charge is 0.416 e. The summed E-state index contributed by atoms with van der Waals surface area (Å²) in [6, 6.07) is 2.43. The molecule has 188 valence electrons. The summed E-state index contributed by atoms with van der Waals surface area (Å²) in [5, 5.41) is -0.193. The Balaban J connectivity index is 0.000000356. The lowest BCUT2D eigenvalue weighted by Gasteiger charge is -2.31. The molecular formula is C22H21F5N4O3S. The van der Waals surface area contributed by atoms with Crippen molar-refractivity contribution in [1.82, 2.24) is 19.5 Å². The van der Waals surface area contributed by atoms with Gasteiger partial charge in [-0.3, -0.25) is 14.3 Å². The molecule has 1 aliphatic carbocycles. The van der Waals surface area contributed by atoms with Crippen molar-refractivity contribution in [3.05, 3.63) is 67.0 Å². The second-order valence-electron chi connectivity index (χ2n) is 8.39. The van der Waals surface area contributed by atoms with Crippen LogP contribution >= 0.6 is 11.8 Å². The zero-order valence-corrected chi connectivity index (χ0v) is 19.1. The van der Waals surface area contributed by atoms with Crippen LogP contribution in [0.2, 0.25) is 0 Å². The highest BCUT2D eigenvalue weighted by atomic mass is 32.2. The number of nitrogens with one attached hydrogen (secondary N) is 2. The summed E-state index contributed by atoms with van der Waals surface area (Å²) in [6.45, 7) is 0.277. The Labute approximate surface area is 198 Å². The molecule has 0 atom stereocenters. The van der Waals surface area contributed by atoms with E-state index in [0.717, 1.165) is 6.07 Å². The lowest BCUT2D eigenvalue weighted by molar-refractivity contribution is -0.138. The Bertz CT molecular complexity index is 1390. The zero-order chi connectivity index (χ0) is 25.4. The Morgan fingerprint density at radius 1 is 1.14 bits per heavy atom. The van der Waals surface area contributed by atoms with Crippen LogP contribution in [0.1, 0.15) is 49.1 Å². The number of thioether (sulfide) groups is 1. The first-order valence-electron chi connectivity index (χ1n) is 10.9. The predicted octanol–water partition coefficient (Wildman–Crippen LogP) is 4.27. The van der Waals surface area contributed by atoms with E-state index in [1.807, 2.05) is 0 Å². The summed E-state index contributed by atoms with van der Waals surface area (Å²) in [5.74, 6) is -3.09. The number of hydrogen-bond acceptors (Lipinski definition) is 5. The van der Waals surface area contributed by atoms with E-state index in [2.05, 4.69) is 15.0 Å². The van der Waals surface area contributed by atoms with Gasteiger partial charge in [0.15, 0.2) is 0 Å². The summed E-state index contributed by atoms with van der Waals surface area (Å²) in [6.07, 6.45) is -2.29. The Kier molecular flexibility index (Phi) is 6.89. The minimum atomic E-state index is -4.74. The van der Waals surface area contributed by atoms with E-state index in [-0.39, 0.29) is 46.4 Å². The third-order valence-electron chi connectivity index (χ3n) is 6.06. The highest BCUT2D eigenvalue weighted by Crippen LogP contribution is 2.49. The van der Waals surface area contributed by atoms with Crippen LogP contribution in [0, 0.1) is 0 Å². The van der Waals surface area contributed by atoms with E-state index in [9.17, 15) is 36.3 Å². The average molecular weight is 516 g/mol. The maximum absolute atomic E-state index is 13.9. The summed E-state index contributed by atoms with van der Waals surface area (Å²) in [5.41, 5.74) is -2.65. The molecule has 0 amide bonds. The lowest BCUT2D eigenvalue weighted by atomic mass is 9.80. The first kappa shape index (κ1) is 25.1. The summed E-state index contributed by atoms with van der Waals surface area (Å²) in [4.78, 5) is 42.7. The van der Waals surface area contributed by atoms with Crippen molar-refractivity contribution in [2.24, 2.45) is 0 Å². The predicted molar refractivity (Wildman–Crippen MR) is 120 cm³/mol. The van der Waals surface area contributed by atoms with Gasteiger partial charge in [-0.1, -0.05) is 0 Å². The molecule has 2 N–H and O–H groups in total. The second kappa shape index (κ2) is 9.59. The van der Waals surface area contributed by atoms with E-state index in [1.54, 1.807) is 6.07 Å². The molecule has 0 bridgehead atoms. The first-order valence-corrected chi connectivity index (χ1v) is 11.9. The van der Waals surface area contributed by atoms with Crippen LogP contribution < -0.4 is 16.9 Å². The van der Waals surface area contributed by atoms with Gasteiger partial charge in [-0.2, -0.15) is 13.2 Å². The van der Waals surface area contributed by atoms with Crippen LogP contribution in [-0.4, -0.2) is 31.2 Å². The number of nitrogens with zero attached hydrogens (tertiary/aromatic N) is 2. The van der Waals surface area contributed by atoms with Crippen molar-refractivity contribution in [3.8, 4) is 0 Å². The molecule has 1 aromatic carbocycles. The molecule has 1 aliphatic heterocycles. The number of halogens is 5. The molecule has 3 aromatic rings. The van der Waals surface area contributed by atoms with Gasteiger partial charge in [0, 0.05) is 36.7 Å². The topological polar surface area (TPSA) is 101 Å². The van der Waals surface area contributed by atoms with E-state index in [4.69, 9.17) is 0 Å². The van der Waals surface area contributed by atoms with Crippen LogP contribution in [0.5, 0.6) is 0 Å². The Morgan fingerprint density at radius 2 is 1.86 bits per heavy atom. The molecule has 5 rings (SSSR count). The smallest absolute Gasteiger partial charge is 0.313 e. The number of aromatic amines is 2. The number of alkyl halides is 5. The van der Waals surface area contributed by atoms with Gasteiger partial charge in [-0.05, 0) is 48.6 Å². The van der Waals surface area contributed by atoms with Crippen LogP contribution in [0.3, 0.4) is 0 Å². The van der Waals surface area contributed by atoms with Crippen molar-refractivity contribution in [3.63, 3.8) is 0 Å². The Morgan fingerprint density at radius 3 is 2.43 bits per heavy atom. The van der Waals surface area contributed by atoms with Crippen LogP contribution in [-0.2, 0) is 12.7 Å². The zero-order valence-electron chi connectivity index (χ0n) is 18.3. The standard InChI is InChI=1S/C18H17F5N2O2S.C4H4N2O/c19-17(20)4-2-9(3-5-17)12-11(18(21,22)23)8-10-13-14(12)28-7-1-6-25(13)16(27)24-15(10)26;7-4-5-2-1-3-6-4/h8-9H,1-7H2,(H,24,26,27);1-3H,(H,5,6,7). The minimum absolute atomic E-state index is 0.0406. The molecule has 2 aliphatic rings. The van der Waals surface area contributed by atoms with Gasteiger partial charge in [0.1, 0.15) is 0 Å². The fourth-order valence-electron chi connectivity index (χ4n) is 4.47. The number of hydrogen-bond donors (Lipinski definition) is 2. The molecular weight excluding hydrogens is 495 g/mol. The van der Waals surface area contributed by atoms with E-state index < -0.39 is 47.7 Å². The monoisotopic (exact) mass is 516 g/mol. The summed E-state index contributed by atoms with van der Waals surface area (Å²) in [7, 11) is 0. The average Bonchev–Trinajstić information content (AvgIpc) is 3.01. The second-order valence-corrected chi connectivity index (χ2v) is 9.50. The van der Waals surface area contributed by atoms with Gasteiger partial charge in [-0.15, -0.1) is 11.8 Å². The molecule has 1 fully saturated rings. The molecule has 1 saturated carbocycles. The van der Waals surface area contributed by atoms with E-state index in [1.165, 1.54) is 28.7 Å². The third kappa shape index (κ3) is 5.34. The number of aryl methyl sites for hydroxylation is 1. The number of aromatic nitrogens is 4. The van der Waals surface area contributed by atoms with Crippen molar-refractivity contribution in [2.45, 2.75) is 61.6 Å². The maximum Gasteiger partial charge on any atom is 0.416 e. The van der Waals surface area contributed by atoms with Crippen LogP contribution in [0.4, 0.5) is 22.0 Å². The highest BCUT2D eigenvalue weighted by molar-refractivity contribution is 7.99. The molecule has 0 unspecified atom stereocenters. The number of H-pyrrole nitrogens is 2. The van der Waals surface area contributed by atoms with Crippen molar-refractivity contribution >= 4 is 22.7 Å². The fraction of sp³-hybridized carbons (Fsp3) is 0.455. The Hall–Kier alpha value is -2.96. The molecule has 35 heavy (non-hydrogen) atoms. The molecule has 0 saturated heterocycles. The highest BCUT2D eigenvalue weighted by Gasteiger charge is 2.42. The molecule has 3 heterocycles. The SMILES string of the molecule is O=c1[nH]c(=O)n2c3c(c(C4CCC(F)(F)CC4)c(C(F)(F)F)cc13)SCCC2.O=c1nccc[nH]1. The van der Waals surface area contributed by atoms with Gasteiger partial charge in [-0.25, -0.2) is 23.4 Å². The molecule has 7 nitrogen and oxygen atoms in total. The van der Waals surface area contributed by atoms with Crippen molar-refractivity contribution in [1.29, 1.82) is 0 Å². The lowest BCUT2D eigenvalue weighted by Crippen LogP contribution is -2.31. The van der Waals surface area contributed by atoms with Crippen molar-refractivity contribution < 1.29 is 22.0 Å². The molecule has 0 spiro atoms. The molecule has 0 radical (unpaired) electrons. The van der Waals surface area contributed by atoms with Gasteiger partial charge in [0.05, 0.1) is 16.5 Å². The maximum atomic E-state index is 13.9. The summed E-state index contributed by atoms with van der Waals surface area (Å²) >= 11 is 1.17.